The van der Waals surface area contributed by atoms with Gasteiger partial charge in [0.1, 0.15) is 0 Å². The van der Waals surface area contributed by atoms with Gasteiger partial charge in [-0.3, -0.25) is 4.84 Å². The molecular weight excluding hydrogens is 154 g/mol. The van der Waals surface area contributed by atoms with Gasteiger partial charge in [0, 0.05) is 0 Å². The lowest BCUT2D eigenvalue weighted by molar-refractivity contribution is -0.152. The number of carboxylic acids is 1. The SMILES string of the molecule is COC(=O)NOC(C)C(=O)O. The summed E-state index contributed by atoms with van der Waals surface area (Å²) >= 11 is 0. The van der Waals surface area contributed by atoms with E-state index in [2.05, 4.69) is 9.57 Å². The first-order chi connectivity index (χ1) is 5.07. The smallest absolute Gasteiger partial charge is 0.431 e. The van der Waals surface area contributed by atoms with Gasteiger partial charge in [-0.05, 0) is 6.92 Å². The molecule has 0 fully saturated rings. The molecule has 0 saturated heterocycles. The van der Waals surface area contributed by atoms with Crippen LogP contribution in [0.4, 0.5) is 4.79 Å². The second-order valence-corrected chi connectivity index (χ2v) is 1.69. The number of carbonyl (C=O) groups is 2. The van der Waals surface area contributed by atoms with Crippen molar-refractivity contribution in [3.8, 4) is 0 Å². The molecule has 0 aliphatic rings. The van der Waals surface area contributed by atoms with Gasteiger partial charge in [-0.15, -0.1) is 0 Å². The highest BCUT2D eigenvalue weighted by Crippen LogP contribution is 1.86. The Labute approximate surface area is 63.0 Å². The van der Waals surface area contributed by atoms with Crippen molar-refractivity contribution in [1.82, 2.24) is 5.48 Å². The minimum atomic E-state index is -1.17. The Kier molecular flexibility index (Phi) is 3.97. The van der Waals surface area contributed by atoms with Crippen molar-refractivity contribution in [2.75, 3.05) is 7.11 Å². The molecule has 0 rings (SSSR count). The highest BCUT2D eigenvalue weighted by Gasteiger charge is 2.12. The van der Waals surface area contributed by atoms with Gasteiger partial charge in [0.2, 0.25) is 0 Å². The van der Waals surface area contributed by atoms with Crippen molar-refractivity contribution in [3.63, 3.8) is 0 Å². The fourth-order valence-corrected chi connectivity index (χ4v) is 0.229. The molecule has 0 aromatic carbocycles. The topological polar surface area (TPSA) is 84.9 Å². The Morgan fingerprint density at radius 2 is 2.09 bits per heavy atom. The summed E-state index contributed by atoms with van der Waals surface area (Å²) in [4.78, 5) is 24.7. The van der Waals surface area contributed by atoms with Crippen molar-refractivity contribution >= 4 is 12.1 Å². The number of amides is 1. The summed E-state index contributed by atoms with van der Waals surface area (Å²) in [6.07, 6.45) is -1.92. The molecule has 0 aromatic rings. The molecule has 0 aliphatic carbocycles. The number of methoxy groups -OCH3 is 1. The third kappa shape index (κ3) is 4.15. The number of hydroxylamine groups is 1. The zero-order valence-corrected chi connectivity index (χ0v) is 6.16. The van der Waals surface area contributed by atoms with Crippen molar-refractivity contribution in [1.29, 1.82) is 0 Å². The number of aliphatic carboxylic acids is 1. The molecule has 0 saturated carbocycles. The van der Waals surface area contributed by atoms with E-state index in [1.807, 2.05) is 0 Å². The molecule has 1 amide bonds. The second-order valence-electron chi connectivity index (χ2n) is 1.69. The number of nitrogens with one attached hydrogen (secondary N) is 1. The molecule has 11 heavy (non-hydrogen) atoms. The predicted octanol–water partition coefficient (Wildman–Crippen LogP) is -0.253. The number of ether oxygens (including phenoxy) is 1. The van der Waals surface area contributed by atoms with Crippen LogP contribution in [-0.2, 0) is 14.4 Å². The Bertz CT molecular complexity index is 157. The molecular formula is C5H9NO5. The summed E-state index contributed by atoms with van der Waals surface area (Å²) in [7, 11) is 1.14. The van der Waals surface area contributed by atoms with Crippen LogP contribution in [0.15, 0.2) is 0 Å². The van der Waals surface area contributed by atoms with E-state index in [1.165, 1.54) is 6.92 Å². The quantitative estimate of drug-likeness (QED) is 0.560. The van der Waals surface area contributed by atoms with Crippen molar-refractivity contribution in [2.45, 2.75) is 13.0 Å². The van der Waals surface area contributed by atoms with Crippen LogP contribution in [-0.4, -0.2) is 30.4 Å². The molecule has 6 heteroatoms. The average Bonchev–Trinajstić information content (AvgIpc) is 1.99. The van der Waals surface area contributed by atoms with Crippen LogP contribution in [0.1, 0.15) is 6.92 Å². The molecule has 0 heterocycles. The van der Waals surface area contributed by atoms with Crippen molar-refractivity contribution in [3.05, 3.63) is 0 Å². The maximum Gasteiger partial charge on any atom is 0.431 e. The average molecular weight is 163 g/mol. The van der Waals surface area contributed by atoms with E-state index < -0.39 is 18.2 Å². The molecule has 2 N–H and O–H groups in total. The van der Waals surface area contributed by atoms with Gasteiger partial charge in [-0.1, -0.05) is 0 Å². The number of carbonyl (C=O) groups excluding carboxylic acids is 1. The van der Waals surface area contributed by atoms with Crippen LogP contribution in [0.3, 0.4) is 0 Å². The molecule has 64 valence electrons. The molecule has 0 aromatic heterocycles. The molecule has 0 spiro atoms. The highest BCUT2D eigenvalue weighted by atomic mass is 16.7. The van der Waals surface area contributed by atoms with Crippen LogP contribution in [0, 0.1) is 0 Å². The van der Waals surface area contributed by atoms with E-state index in [0.29, 0.717) is 0 Å². The summed E-state index contributed by atoms with van der Waals surface area (Å²) in [5, 5.41) is 8.25. The molecule has 6 nitrogen and oxygen atoms in total. The molecule has 0 radical (unpaired) electrons. The lowest BCUT2D eigenvalue weighted by Crippen LogP contribution is -2.32. The number of hydrogen-bond acceptors (Lipinski definition) is 4. The lowest BCUT2D eigenvalue weighted by atomic mass is 10.4. The second kappa shape index (κ2) is 4.51. The lowest BCUT2D eigenvalue weighted by Gasteiger charge is -2.06. The van der Waals surface area contributed by atoms with E-state index in [4.69, 9.17) is 5.11 Å². The Hall–Kier alpha value is -1.30. The van der Waals surface area contributed by atoms with E-state index in [1.54, 1.807) is 5.48 Å². The monoisotopic (exact) mass is 163 g/mol. The van der Waals surface area contributed by atoms with E-state index >= 15 is 0 Å². The van der Waals surface area contributed by atoms with Gasteiger partial charge in [0.25, 0.3) is 0 Å². The fourth-order valence-electron chi connectivity index (χ4n) is 0.229. The third-order valence-electron chi connectivity index (χ3n) is 0.852. The maximum absolute atomic E-state index is 10.3. The van der Waals surface area contributed by atoms with Crippen LogP contribution in [0.25, 0.3) is 0 Å². The van der Waals surface area contributed by atoms with Crippen molar-refractivity contribution in [2.24, 2.45) is 0 Å². The number of hydrogen-bond donors (Lipinski definition) is 2. The van der Waals surface area contributed by atoms with E-state index in [0.717, 1.165) is 7.11 Å². The first-order valence-corrected chi connectivity index (χ1v) is 2.80. The largest absolute Gasteiger partial charge is 0.479 e. The van der Waals surface area contributed by atoms with E-state index in [9.17, 15) is 9.59 Å². The minimum Gasteiger partial charge on any atom is -0.479 e. The van der Waals surface area contributed by atoms with Gasteiger partial charge in [-0.25, -0.2) is 9.59 Å². The normalized spacial score (nSPS) is 11.8. The third-order valence-corrected chi connectivity index (χ3v) is 0.852. The summed E-state index contributed by atoms with van der Waals surface area (Å²) in [6.45, 7) is 1.28. The van der Waals surface area contributed by atoms with Crippen LogP contribution in [0.5, 0.6) is 0 Å². The zero-order chi connectivity index (χ0) is 8.85. The van der Waals surface area contributed by atoms with Crippen LogP contribution in [0.2, 0.25) is 0 Å². The summed E-state index contributed by atoms with van der Waals surface area (Å²) < 4.78 is 4.11. The van der Waals surface area contributed by atoms with Crippen LogP contribution >= 0.6 is 0 Å². The summed E-state index contributed by atoms with van der Waals surface area (Å²) in [5.41, 5.74) is 1.77. The predicted molar refractivity (Wildman–Crippen MR) is 33.7 cm³/mol. The van der Waals surface area contributed by atoms with Crippen molar-refractivity contribution < 1.29 is 24.3 Å². The molecule has 1 atom stereocenters. The first kappa shape index (κ1) is 9.70. The Morgan fingerprint density at radius 3 is 2.45 bits per heavy atom. The van der Waals surface area contributed by atoms with Crippen LogP contribution < -0.4 is 5.48 Å². The van der Waals surface area contributed by atoms with Gasteiger partial charge < -0.3 is 9.84 Å². The van der Waals surface area contributed by atoms with Gasteiger partial charge in [-0.2, -0.15) is 5.48 Å². The standard InChI is InChI=1S/C5H9NO5/c1-3(4(7)8)11-6-5(9)10-2/h3H,1-2H3,(H,6,9)(H,7,8). The molecule has 0 aliphatic heterocycles. The Morgan fingerprint density at radius 1 is 1.55 bits per heavy atom. The Balaban J connectivity index is 3.54. The van der Waals surface area contributed by atoms with E-state index in [-0.39, 0.29) is 0 Å². The number of carboxylic acid groups (broad SMARTS) is 1. The fraction of sp³-hybridized carbons (Fsp3) is 0.600. The maximum atomic E-state index is 10.3. The molecule has 1 unspecified atom stereocenters. The minimum absolute atomic E-state index is 0.835. The van der Waals surface area contributed by atoms with Gasteiger partial charge in [0.05, 0.1) is 7.11 Å². The van der Waals surface area contributed by atoms with Gasteiger partial charge >= 0.3 is 12.1 Å². The number of rotatable bonds is 3. The van der Waals surface area contributed by atoms with Gasteiger partial charge in [0.15, 0.2) is 6.10 Å². The first-order valence-electron chi connectivity index (χ1n) is 2.80. The molecule has 0 bridgehead atoms. The summed E-state index contributed by atoms with van der Waals surface area (Å²) in [5.74, 6) is -1.17. The zero-order valence-electron chi connectivity index (χ0n) is 6.16. The highest BCUT2D eigenvalue weighted by molar-refractivity contribution is 5.72. The summed E-state index contributed by atoms with van der Waals surface area (Å²) in [6, 6.07) is 0.